The minimum absolute atomic E-state index is 0.704. The number of aryl methyl sites for hydroxylation is 2. The van der Waals surface area contributed by atoms with Crippen molar-refractivity contribution in [1.82, 2.24) is 10.2 Å². The van der Waals surface area contributed by atoms with Gasteiger partial charge in [0.15, 0.2) is 5.82 Å². The van der Waals surface area contributed by atoms with Crippen LogP contribution in [0.5, 0.6) is 0 Å². The van der Waals surface area contributed by atoms with E-state index >= 15 is 0 Å². The van der Waals surface area contributed by atoms with Crippen molar-refractivity contribution in [2.75, 3.05) is 43.1 Å². The molecule has 0 saturated carbocycles. The molecule has 0 spiro atoms. The van der Waals surface area contributed by atoms with Crippen LogP contribution in [0.3, 0.4) is 0 Å². The Kier molecular flexibility index (Phi) is 5.59. The Morgan fingerprint density at radius 1 is 1.07 bits per heavy atom. The monoisotopic (exact) mass is 387 g/mol. The van der Waals surface area contributed by atoms with Gasteiger partial charge in [-0.2, -0.15) is 10.4 Å². The number of rotatable bonds is 5. The van der Waals surface area contributed by atoms with Gasteiger partial charge < -0.3 is 15.0 Å². The molecule has 1 saturated heterocycles. The average Bonchev–Trinajstić information content (AvgIpc) is 2.75. The van der Waals surface area contributed by atoms with Crippen molar-refractivity contribution < 1.29 is 4.74 Å². The summed E-state index contributed by atoms with van der Waals surface area (Å²) in [6, 6.07) is 14.7. The van der Waals surface area contributed by atoms with Crippen LogP contribution in [-0.4, -0.2) is 43.0 Å². The van der Waals surface area contributed by atoms with Crippen LogP contribution in [0, 0.1) is 25.2 Å². The first-order valence-electron chi connectivity index (χ1n) is 9.98. The van der Waals surface area contributed by atoms with Crippen LogP contribution in [0.2, 0.25) is 0 Å². The van der Waals surface area contributed by atoms with E-state index in [1.807, 2.05) is 26.0 Å². The van der Waals surface area contributed by atoms with E-state index in [4.69, 9.17) is 4.74 Å². The Balaban J connectivity index is 1.55. The second kappa shape index (κ2) is 8.46. The molecule has 6 heteroatoms. The number of nitrogens with one attached hydrogen (secondary N) is 1. The van der Waals surface area contributed by atoms with Gasteiger partial charge in [-0.1, -0.05) is 12.1 Å². The molecule has 0 atom stereocenters. The Labute approximate surface area is 171 Å². The number of nitriles is 1. The molecule has 0 aliphatic carbocycles. The largest absolute Gasteiger partial charge is 0.378 e. The quantitative estimate of drug-likeness (QED) is 0.721. The van der Waals surface area contributed by atoms with Crippen LogP contribution >= 0.6 is 0 Å². The van der Waals surface area contributed by atoms with Crippen molar-refractivity contribution >= 4 is 22.3 Å². The molecule has 1 fully saturated rings. The van der Waals surface area contributed by atoms with Gasteiger partial charge in [0.05, 0.1) is 30.5 Å². The smallest absolute Gasteiger partial charge is 0.156 e. The van der Waals surface area contributed by atoms with E-state index in [-0.39, 0.29) is 0 Å². The highest BCUT2D eigenvalue weighted by molar-refractivity contribution is 5.95. The first kappa shape index (κ1) is 19.2. The lowest BCUT2D eigenvalue weighted by atomic mass is 10.0. The molecular weight excluding hydrogens is 362 g/mol. The van der Waals surface area contributed by atoms with Gasteiger partial charge in [-0.05, 0) is 55.7 Å². The molecule has 0 bridgehead atoms. The highest BCUT2D eigenvalue weighted by Crippen LogP contribution is 2.28. The van der Waals surface area contributed by atoms with E-state index in [1.165, 1.54) is 5.69 Å². The van der Waals surface area contributed by atoms with Crippen molar-refractivity contribution in [2.24, 2.45) is 0 Å². The molecule has 3 aromatic rings. The maximum Gasteiger partial charge on any atom is 0.156 e. The molecule has 29 heavy (non-hydrogen) atoms. The molecular formula is C23H25N5O. The summed E-state index contributed by atoms with van der Waals surface area (Å²) < 4.78 is 5.48. The van der Waals surface area contributed by atoms with Crippen LogP contribution in [0.1, 0.15) is 22.4 Å². The molecule has 0 amide bonds. The molecule has 1 N–H and O–H groups in total. The standard InChI is InChI=1S/C23H25N5O/c1-16-11-18(13-19(12-16)15-24)5-6-25-23-22-14-20(28-7-9-29-10-8-28)3-4-21(22)17(2)26-27-23/h3-4,11-14H,5-10H2,1-2H3,(H,25,27). The van der Waals surface area contributed by atoms with Crippen LogP contribution in [-0.2, 0) is 11.2 Å². The third kappa shape index (κ3) is 4.30. The van der Waals surface area contributed by atoms with Gasteiger partial charge in [-0.25, -0.2) is 0 Å². The van der Waals surface area contributed by atoms with Crippen LogP contribution in [0.4, 0.5) is 11.5 Å². The maximum atomic E-state index is 9.17. The zero-order chi connectivity index (χ0) is 20.2. The molecule has 2 heterocycles. The van der Waals surface area contributed by atoms with E-state index in [9.17, 15) is 5.26 Å². The predicted molar refractivity (Wildman–Crippen MR) is 115 cm³/mol. The SMILES string of the molecule is Cc1cc(C#N)cc(CCNc2nnc(C)c3ccc(N4CCOCC4)cc23)c1. The number of hydrogen-bond donors (Lipinski definition) is 1. The fraction of sp³-hybridized carbons (Fsp3) is 0.348. The van der Waals surface area contributed by atoms with Crippen LogP contribution < -0.4 is 10.2 Å². The van der Waals surface area contributed by atoms with Crippen molar-refractivity contribution in [1.29, 1.82) is 5.26 Å². The van der Waals surface area contributed by atoms with Crippen molar-refractivity contribution in [3.05, 3.63) is 58.8 Å². The number of hydrogen-bond acceptors (Lipinski definition) is 6. The minimum Gasteiger partial charge on any atom is -0.378 e. The van der Waals surface area contributed by atoms with E-state index in [0.717, 1.165) is 72.7 Å². The lowest BCUT2D eigenvalue weighted by Crippen LogP contribution is -2.36. The molecule has 1 aliphatic heterocycles. The van der Waals surface area contributed by atoms with E-state index < -0.39 is 0 Å². The number of nitrogens with zero attached hydrogens (tertiary/aromatic N) is 4. The molecule has 1 aliphatic rings. The molecule has 0 radical (unpaired) electrons. The highest BCUT2D eigenvalue weighted by atomic mass is 16.5. The van der Waals surface area contributed by atoms with Crippen molar-refractivity contribution in [3.63, 3.8) is 0 Å². The first-order chi connectivity index (χ1) is 14.1. The topological polar surface area (TPSA) is 74.1 Å². The summed E-state index contributed by atoms with van der Waals surface area (Å²) >= 11 is 0. The Hall–Kier alpha value is -3.17. The van der Waals surface area contributed by atoms with E-state index in [2.05, 4.69) is 50.7 Å². The highest BCUT2D eigenvalue weighted by Gasteiger charge is 2.14. The molecule has 4 rings (SSSR count). The molecule has 6 nitrogen and oxygen atoms in total. The maximum absolute atomic E-state index is 9.17. The van der Waals surface area contributed by atoms with E-state index in [1.54, 1.807) is 0 Å². The predicted octanol–water partition coefficient (Wildman–Crippen LogP) is 3.61. The molecule has 2 aromatic carbocycles. The van der Waals surface area contributed by atoms with Crippen molar-refractivity contribution in [3.8, 4) is 6.07 Å². The van der Waals surface area contributed by atoms with Gasteiger partial charge in [0.25, 0.3) is 0 Å². The van der Waals surface area contributed by atoms with Gasteiger partial charge in [0, 0.05) is 36.1 Å². The Bertz CT molecular complexity index is 1070. The summed E-state index contributed by atoms with van der Waals surface area (Å²) in [6.07, 6.45) is 0.816. The number of benzene rings is 2. The third-order valence-electron chi connectivity index (χ3n) is 5.30. The zero-order valence-electron chi connectivity index (χ0n) is 16.9. The summed E-state index contributed by atoms with van der Waals surface area (Å²) in [4.78, 5) is 2.35. The number of anilines is 2. The number of ether oxygens (including phenoxy) is 1. The average molecular weight is 387 g/mol. The second-order valence-electron chi connectivity index (χ2n) is 7.46. The van der Waals surface area contributed by atoms with Crippen LogP contribution in [0.15, 0.2) is 36.4 Å². The summed E-state index contributed by atoms with van der Waals surface area (Å²) in [7, 11) is 0. The van der Waals surface area contributed by atoms with Crippen LogP contribution in [0.25, 0.3) is 10.8 Å². The van der Waals surface area contributed by atoms with Crippen molar-refractivity contribution in [2.45, 2.75) is 20.3 Å². The van der Waals surface area contributed by atoms with Gasteiger partial charge in [-0.3, -0.25) is 0 Å². The molecule has 148 valence electrons. The number of fused-ring (bicyclic) bond motifs is 1. The number of morpholine rings is 1. The second-order valence-corrected chi connectivity index (χ2v) is 7.46. The molecule has 0 unspecified atom stereocenters. The number of aromatic nitrogens is 2. The third-order valence-corrected chi connectivity index (χ3v) is 5.30. The molecule has 1 aromatic heterocycles. The lowest BCUT2D eigenvalue weighted by molar-refractivity contribution is 0.122. The summed E-state index contributed by atoms with van der Waals surface area (Å²) in [6.45, 7) is 8.06. The van der Waals surface area contributed by atoms with Gasteiger partial charge in [0.2, 0.25) is 0 Å². The fourth-order valence-corrected chi connectivity index (χ4v) is 3.82. The van der Waals surface area contributed by atoms with E-state index in [0.29, 0.717) is 5.56 Å². The summed E-state index contributed by atoms with van der Waals surface area (Å²) in [5.41, 5.74) is 5.07. The normalized spacial score (nSPS) is 14.0. The Morgan fingerprint density at radius 3 is 2.69 bits per heavy atom. The van der Waals surface area contributed by atoms with Gasteiger partial charge >= 0.3 is 0 Å². The zero-order valence-corrected chi connectivity index (χ0v) is 16.9. The summed E-state index contributed by atoms with van der Waals surface area (Å²) in [5, 5.41) is 23.6. The van der Waals surface area contributed by atoms with Gasteiger partial charge in [0.1, 0.15) is 0 Å². The first-order valence-corrected chi connectivity index (χ1v) is 9.98. The fourth-order valence-electron chi connectivity index (χ4n) is 3.82. The Morgan fingerprint density at radius 2 is 1.90 bits per heavy atom. The van der Waals surface area contributed by atoms with Gasteiger partial charge in [-0.15, -0.1) is 5.10 Å². The summed E-state index contributed by atoms with van der Waals surface area (Å²) in [5.74, 6) is 0.800. The lowest BCUT2D eigenvalue weighted by Gasteiger charge is -2.29. The minimum atomic E-state index is 0.704.